The lowest BCUT2D eigenvalue weighted by atomic mass is 10.3. The van der Waals surface area contributed by atoms with Crippen molar-refractivity contribution in [1.82, 2.24) is 19.7 Å². The lowest BCUT2D eigenvalue weighted by molar-refractivity contribution is 0.0690. The van der Waals surface area contributed by atoms with Crippen LogP contribution in [-0.4, -0.2) is 30.8 Å². The van der Waals surface area contributed by atoms with Crippen LogP contribution in [-0.2, 0) is 0 Å². The highest BCUT2D eigenvalue weighted by atomic mass is 16.4. The Morgan fingerprint density at radius 2 is 2.14 bits per heavy atom. The van der Waals surface area contributed by atoms with Gasteiger partial charge in [0, 0.05) is 18.7 Å². The van der Waals surface area contributed by atoms with E-state index in [0.29, 0.717) is 23.0 Å². The van der Waals surface area contributed by atoms with Gasteiger partial charge in [0.2, 0.25) is 0 Å². The minimum Gasteiger partial charge on any atom is -0.476 e. The molecular formula is C14H12N4O3. The Morgan fingerprint density at radius 1 is 1.33 bits per heavy atom. The van der Waals surface area contributed by atoms with Crippen LogP contribution < -0.4 is 0 Å². The van der Waals surface area contributed by atoms with E-state index in [2.05, 4.69) is 15.1 Å². The molecule has 1 N–H and O–H groups in total. The summed E-state index contributed by atoms with van der Waals surface area (Å²) in [6, 6.07) is 5.10. The molecule has 0 spiro atoms. The molecule has 21 heavy (non-hydrogen) atoms. The molecule has 3 heterocycles. The van der Waals surface area contributed by atoms with Gasteiger partial charge in [0.05, 0.1) is 17.6 Å². The number of carboxylic acids is 1. The minimum absolute atomic E-state index is 0.0637. The normalized spacial score (nSPS) is 10.8. The first-order valence-corrected chi connectivity index (χ1v) is 6.23. The zero-order chi connectivity index (χ0) is 15.0. The van der Waals surface area contributed by atoms with Crippen molar-refractivity contribution in [2.24, 2.45) is 0 Å². The van der Waals surface area contributed by atoms with Crippen LogP contribution in [0.4, 0.5) is 0 Å². The maximum Gasteiger partial charge on any atom is 0.356 e. The average molecular weight is 284 g/mol. The molecule has 0 atom stereocenters. The number of hydrogen-bond acceptors (Lipinski definition) is 5. The van der Waals surface area contributed by atoms with Crippen LogP contribution in [0.1, 0.15) is 22.1 Å². The van der Waals surface area contributed by atoms with E-state index in [1.807, 2.05) is 19.1 Å². The fourth-order valence-corrected chi connectivity index (χ4v) is 1.93. The van der Waals surface area contributed by atoms with Crippen LogP contribution in [0.5, 0.6) is 0 Å². The summed E-state index contributed by atoms with van der Waals surface area (Å²) in [6.45, 7) is 3.59. The Morgan fingerprint density at radius 3 is 2.71 bits per heavy atom. The fraction of sp³-hybridized carbons (Fsp3) is 0.143. The van der Waals surface area contributed by atoms with Gasteiger partial charge in [-0.1, -0.05) is 0 Å². The van der Waals surface area contributed by atoms with Gasteiger partial charge in [0.1, 0.15) is 12.0 Å². The predicted octanol–water partition coefficient (Wildman–Crippen LogP) is 2.24. The molecule has 106 valence electrons. The quantitative estimate of drug-likeness (QED) is 0.792. The molecule has 0 aliphatic rings. The van der Waals surface area contributed by atoms with Crippen molar-refractivity contribution in [1.29, 1.82) is 0 Å². The molecule has 3 aromatic rings. The summed E-state index contributed by atoms with van der Waals surface area (Å²) in [7, 11) is 0. The number of rotatable bonds is 3. The van der Waals surface area contributed by atoms with Gasteiger partial charge in [-0.15, -0.1) is 0 Å². The highest BCUT2D eigenvalue weighted by molar-refractivity contribution is 5.87. The molecule has 3 rings (SSSR count). The second kappa shape index (κ2) is 4.86. The van der Waals surface area contributed by atoms with Crippen molar-refractivity contribution in [2.75, 3.05) is 0 Å². The molecule has 7 heteroatoms. The molecule has 0 unspecified atom stereocenters. The minimum atomic E-state index is -1.10. The molecule has 0 saturated carbocycles. The summed E-state index contributed by atoms with van der Waals surface area (Å²) >= 11 is 0. The van der Waals surface area contributed by atoms with Gasteiger partial charge < -0.3 is 9.52 Å². The first kappa shape index (κ1) is 13.0. The molecular weight excluding hydrogens is 272 g/mol. The van der Waals surface area contributed by atoms with Crippen LogP contribution in [0, 0.1) is 13.8 Å². The van der Waals surface area contributed by atoms with E-state index >= 15 is 0 Å². The summed E-state index contributed by atoms with van der Waals surface area (Å²) < 4.78 is 6.68. The lowest BCUT2D eigenvalue weighted by Gasteiger charge is -2.04. The summed E-state index contributed by atoms with van der Waals surface area (Å²) in [5, 5.41) is 13.2. The van der Waals surface area contributed by atoms with E-state index in [1.165, 1.54) is 17.0 Å². The van der Waals surface area contributed by atoms with Crippen molar-refractivity contribution >= 4 is 5.97 Å². The number of pyridine rings is 1. The molecule has 0 fully saturated rings. The van der Waals surface area contributed by atoms with Crippen LogP contribution in [0.3, 0.4) is 0 Å². The van der Waals surface area contributed by atoms with Crippen molar-refractivity contribution in [3.05, 3.63) is 47.9 Å². The zero-order valence-corrected chi connectivity index (χ0v) is 11.4. The molecule has 0 amide bonds. The van der Waals surface area contributed by atoms with Gasteiger partial charge in [0.15, 0.2) is 11.6 Å². The monoisotopic (exact) mass is 284 g/mol. The van der Waals surface area contributed by atoms with E-state index in [1.54, 1.807) is 13.1 Å². The van der Waals surface area contributed by atoms with Crippen molar-refractivity contribution in [3.8, 4) is 17.1 Å². The number of carbonyl (C=O) groups is 1. The van der Waals surface area contributed by atoms with E-state index < -0.39 is 5.97 Å². The number of aromatic carboxylic acids is 1. The fourth-order valence-electron chi connectivity index (χ4n) is 1.93. The Bertz CT molecular complexity index is 802. The Balaban J connectivity index is 2.18. The molecule has 0 bridgehead atoms. The third-order valence-electron chi connectivity index (χ3n) is 2.95. The van der Waals surface area contributed by atoms with E-state index in [0.717, 1.165) is 5.69 Å². The molecule has 0 aromatic carbocycles. The average Bonchev–Trinajstić information content (AvgIpc) is 3.05. The Labute approximate surface area is 119 Å². The van der Waals surface area contributed by atoms with E-state index in [4.69, 9.17) is 9.52 Å². The molecule has 0 aliphatic heterocycles. The number of aryl methyl sites for hydroxylation is 2. The maximum absolute atomic E-state index is 11.2. The number of carboxylic acid groups (broad SMARTS) is 1. The standard InChI is InChI=1S/C14H12N4O3/c1-8-3-4-10(6-15-8)18-13(5-11(17-18)14(19)20)12-7-21-9(2)16-12/h3-7H,1-2H3,(H,19,20). The number of aromatic nitrogens is 4. The SMILES string of the molecule is Cc1ccc(-n2nc(C(=O)O)cc2-c2coc(C)n2)cn1. The first-order valence-electron chi connectivity index (χ1n) is 6.23. The Hall–Kier alpha value is -2.96. The summed E-state index contributed by atoms with van der Waals surface area (Å²) in [6.07, 6.45) is 3.10. The number of nitrogens with zero attached hydrogens (tertiary/aromatic N) is 4. The van der Waals surface area contributed by atoms with E-state index in [-0.39, 0.29) is 5.69 Å². The zero-order valence-electron chi connectivity index (χ0n) is 11.4. The Kier molecular flexibility index (Phi) is 3.02. The summed E-state index contributed by atoms with van der Waals surface area (Å²) in [5.41, 5.74) is 2.51. The van der Waals surface area contributed by atoms with Crippen LogP contribution in [0.15, 0.2) is 35.1 Å². The van der Waals surface area contributed by atoms with Gasteiger partial charge in [0.25, 0.3) is 0 Å². The van der Waals surface area contributed by atoms with Crippen molar-refractivity contribution in [2.45, 2.75) is 13.8 Å². The maximum atomic E-state index is 11.2. The van der Waals surface area contributed by atoms with Crippen LogP contribution in [0.25, 0.3) is 17.1 Å². The number of hydrogen-bond donors (Lipinski definition) is 1. The van der Waals surface area contributed by atoms with Crippen LogP contribution >= 0.6 is 0 Å². The first-order chi connectivity index (χ1) is 10.0. The molecule has 0 saturated heterocycles. The molecule has 0 aliphatic carbocycles. The molecule has 7 nitrogen and oxygen atoms in total. The molecule has 3 aromatic heterocycles. The van der Waals surface area contributed by atoms with Crippen molar-refractivity contribution in [3.63, 3.8) is 0 Å². The highest BCUT2D eigenvalue weighted by Gasteiger charge is 2.18. The van der Waals surface area contributed by atoms with Gasteiger partial charge in [-0.2, -0.15) is 5.10 Å². The second-order valence-electron chi connectivity index (χ2n) is 4.54. The summed E-state index contributed by atoms with van der Waals surface area (Å²) in [4.78, 5) is 19.6. The van der Waals surface area contributed by atoms with Gasteiger partial charge in [-0.25, -0.2) is 14.5 Å². The van der Waals surface area contributed by atoms with Gasteiger partial charge in [-0.05, 0) is 19.1 Å². The second-order valence-corrected chi connectivity index (χ2v) is 4.54. The highest BCUT2D eigenvalue weighted by Crippen LogP contribution is 2.23. The van der Waals surface area contributed by atoms with E-state index in [9.17, 15) is 4.79 Å². The smallest absolute Gasteiger partial charge is 0.356 e. The summed E-state index contributed by atoms with van der Waals surface area (Å²) in [5.74, 6) is -0.605. The van der Waals surface area contributed by atoms with Gasteiger partial charge in [-0.3, -0.25) is 4.98 Å². The topological polar surface area (TPSA) is 94.0 Å². The number of oxazole rings is 1. The third kappa shape index (κ3) is 2.40. The predicted molar refractivity (Wildman–Crippen MR) is 73.3 cm³/mol. The lowest BCUT2D eigenvalue weighted by Crippen LogP contribution is -2.03. The molecule has 0 radical (unpaired) electrons. The van der Waals surface area contributed by atoms with Gasteiger partial charge >= 0.3 is 5.97 Å². The largest absolute Gasteiger partial charge is 0.476 e. The van der Waals surface area contributed by atoms with Crippen molar-refractivity contribution < 1.29 is 14.3 Å². The van der Waals surface area contributed by atoms with Crippen LogP contribution in [0.2, 0.25) is 0 Å². The third-order valence-corrected chi connectivity index (χ3v) is 2.95.